The molecule has 0 atom stereocenters. The second-order valence-corrected chi connectivity index (χ2v) is 5.54. The minimum absolute atomic E-state index is 0.0300. The van der Waals surface area contributed by atoms with E-state index in [1.165, 1.54) is 7.11 Å². The first kappa shape index (κ1) is 18.3. The molecule has 0 amide bonds. The topological polar surface area (TPSA) is 143 Å². The van der Waals surface area contributed by atoms with E-state index in [2.05, 4.69) is 4.98 Å². The van der Waals surface area contributed by atoms with Crippen molar-refractivity contribution in [1.82, 2.24) is 4.98 Å². The van der Waals surface area contributed by atoms with Crippen LogP contribution in [0, 0.1) is 22.7 Å². The van der Waals surface area contributed by atoms with E-state index >= 15 is 0 Å². The van der Waals surface area contributed by atoms with E-state index < -0.39 is 11.8 Å². The molecule has 2 aromatic rings. The number of hydrogen-bond acceptors (Lipinski definition) is 8. The van der Waals surface area contributed by atoms with Crippen LogP contribution in [0.4, 0.5) is 5.82 Å². The van der Waals surface area contributed by atoms with E-state index in [0.29, 0.717) is 24.5 Å². The smallest absolute Gasteiger partial charge is 0.268 e. The number of aromatic nitrogens is 1. The molecular weight excluding hydrogens is 352 g/mol. The van der Waals surface area contributed by atoms with E-state index in [4.69, 9.17) is 24.7 Å². The fourth-order valence-corrected chi connectivity index (χ4v) is 2.79. The average Bonchev–Trinajstić information content (AvgIpc) is 3.19. The molecule has 1 aliphatic heterocycles. The number of nitrogen functional groups attached to an aromatic ring is 1. The molecule has 27 heavy (non-hydrogen) atoms. The number of benzene rings is 1. The molecule has 3 N–H and O–H groups in total. The first-order valence-corrected chi connectivity index (χ1v) is 8.00. The highest BCUT2D eigenvalue weighted by molar-refractivity contribution is 5.85. The molecule has 1 saturated heterocycles. The summed E-state index contributed by atoms with van der Waals surface area (Å²) in [5.41, 5.74) is 5.24. The van der Waals surface area contributed by atoms with Crippen molar-refractivity contribution in [3.8, 4) is 34.8 Å². The molecule has 0 spiro atoms. The zero-order valence-electron chi connectivity index (χ0n) is 14.4. The van der Waals surface area contributed by atoms with Crippen molar-refractivity contribution in [3.05, 3.63) is 39.7 Å². The molecule has 0 aliphatic carbocycles. The Balaban J connectivity index is 2.19. The van der Waals surface area contributed by atoms with Gasteiger partial charge in [-0.1, -0.05) is 12.1 Å². The maximum Gasteiger partial charge on any atom is 0.268 e. The largest absolute Gasteiger partial charge is 0.493 e. The minimum atomic E-state index is -0.694. The number of H-pyrrole nitrogens is 1. The fraction of sp³-hybridized carbons (Fsp3) is 0.278. The summed E-state index contributed by atoms with van der Waals surface area (Å²) in [5.74, 6) is 0.474. The van der Waals surface area contributed by atoms with Crippen LogP contribution in [0.3, 0.4) is 0 Å². The molecule has 9 heteroatoms. The molecule has 0 unspecified atom stereocenters. The van der Waals surface area contributed by atoms with Gasteiger partial charge >= 0.3 is 0 Å². The Morgan fingerprint density at radius 2 is 1.96 bits per heavy atom. The third-order valence-electron chi connectivity index (χ3n) is 3.99. The molecule has 1 aromatic carbocycles. The summed E-state index contributed by atoms with van der Waals surface area (Å²) in [6.45, 7) is 0.999. The molecule has 1 aliphatic rings. The van der Waals surface area contributed by atoms with Gasteiger partial charge in [0.05, 0.1) is 20.3 Å². The van der Waals surface area contributed by atoms with Gasteiger partial charge in [-0.3, -0.25) is 4.79 Å². The molecule has 2 heterocycles. The molecular formula is C18H16N4O5. The van der Waals surface area contributed by atoms with Gasteiger partial charge in [-0.2, -0.15) is 10.5 Å². The van der Waals surface area contributed by atoms with Gasteiger partial charge in [-0.25, -0.2) is 0 Å². The lowest BCUT2D eigenvalue weighted by molar-refractivity contribution is -0.0686. The summed E-state index contributed by atoms with van der Waals surface area (Å²) in [6.07, 6.45) is -0.544. The summed E-state index contributed by atoms with van der Waals surface area (Å²) in [4.78, 5) is 14.5. The SMILES string of the molecule is COc1cccc(-c2c(C#N)c(N)[nH]c(=O)c2C#N)c1OCC1OCCO1. The summed E-state index contributed by atoms with van der Waals surface area (Å²) < 4.78 is 21.9. The zero-order chi connectivity index (χ0) is 19.4. The Bertz CT molecular complexity index is 997. The van der Waals surface area contributed by atoms with E-state index in [9.17, 15) is 15.3 Å². The van der Waals surface area contributed by atoms with Crippen LogP contribution >= 0.6 is 0 Å². The van der Waals surface area contributed by atoms with Crippen LogP contribution in [0.1, 0.15) is 11.1 Å². The van der Waals surface area contributed by atoms with Crippen molar-refractivity contribution in [2.75, 3.05) is 32.7 Å². The van der Waals surface area contributed by atoms with Crippen LogP contribution in [-0.4, -0.2) is 38.2 Å². The lowest BCUT2D eigenvalue weighted by Crippen LogP contribution is -2.19. The second kappa shape index (κ2) is 7.79. The van der Waals surface area contributed by atoms with Gasteiger partial charge in [0.2, 0.25) is 0 Å². The Hall–Kier alpha value is -3.53. The number of pyridine rings is 1. The zero-order valence-corrected chi connectivity index (χ0v) is 14.4. The lowest BCUT2D eigenvalue weighted by Gasteiger charge is -2.18. The Kier molecular flexibility index (Phi) is 5.27. The van der Waals surface area contributed by atoms with Crippen LogP contribution in [0.2, 0.25) is 0 Å². The number of aromatic amines is 1. The molecule has 138 valence electrons. The normalized spacial score (nSPS) is 13.7. The molecule has 0 bridgehead atoms. The maximum absolute atomic E-state index is 12.2. The molecule has 3 rings (SSSR count). The summed E-state index contributed by atoms with van der Waals surface area (Å²) in [7, 11) is 1.46. The van der Waals surface area contributed by atoms with Gasteiger partial charge in [0.15, 0.2) is 17.8 Å². The van der Waals surface area contributed by atoms with Gasteiger partial charge in [0, 0.05) is 11.1 Å². The van der Waals surface area contributed by atoms with Crippen molar-refractivity contribution in [2.24, 2.45) is 0 Å². The number of rotatable bonds is 5. The standard InChI is InChI=1S/C18H16N4O5/c1-24-13-4-2-3-10(16(13)27-9-14-25-5-6-26-14)15-11(7-19)17(21)22-18(23)12(15)8-20/h2-4,14H,5-6,9H2,1H3,(H3,21,22,23). The van der Waals surface area contributed by atoms with Gasteiger partial charge in [-0.05, 0) is 6.07 Å². The van der Waals surface area contributed by atoms with Crippen molar-refractivity contribution in [2.45, 2.75) is 6.29 Å². The van der Waals surface area contributed by atoms with E-state index in [1.807, 2.05) is 12.1 Å². The van der Waals surface area contributed by atoms with Gasteiger partial charge in [0.1, 0.15) is 35.7 Å². The monoisotopic (exact) mass is 368 g/mol. The number of nitriles is 2. The lowest BCUT2D eigenvalue weighted by atomic mass is 9.95. The fourth-order valence-electron chi connectivity index (χ4n) is 2.79. The molecule has 9 nitrogen and oxygen atoms in total. The summed E-state index contributed by atoms with van der Waals surface area (Å²) >= 11 is 0. The number of nitrogens with zero attached hydrogens (tertiary/aromatic N) is 2. The van der Waals surface area contributed by atoms with Gasteiger partial charge in [-0.15, -0.1) is 0 Å². The number of para-hydroxylation sites is 1. The Labute approximate surface area is 154 Å². The molecule has 0 radical (unpaired) electrons. The van der Waals surface area contributed by atoms with Crippen molar-refractivity contribution in [1.29, 1.82) is 10.5 Å². The summed E-state index contributed by atoms with van der Waals surface area (Å²) in [5, 5.41) is 19.0. The highest BCUT2D eigenvalue weighted by atomic mass is 16.7. The summed E-state index contributed by atoms with van der Waals surface area (Å²) in [6, 6.07) is 8.69. The van der Waals surface area contributed by atoms with Crippen LogP contribution in [0.25, 0.3) is 11.1 Å². The third kappa shape index (κ3) is 3.42. The number of nitrogens with one attached hydrogen (secondary N) is 1. The van der Waals surface area contributed by atoms with E-state index in [1.54, 1.807) is 18.2 Å². The highest BCUT2D eigenvalue weighted by Gasteiger charge is 2.24. The number of hydrogen-bond donors (Lipinski definition) is 2. The molecule has 1 aromatic heterocycles. The van der Waals surface area contributed by atoms with Crippen molar-refractivity contribution < 1.29 is 18.9 Å². The van der Waals surface area contributed by atoms with Crippen molar-refractivity contribution in [3.63, 3.8) is 0 Å². The predicted molar refractivity (Wildman–Crippen MR) is 94.1 cm³/mol. The first-order chi connectivity index (χ1) is 13.1. The molecule has 1 fully saturated rings. The third-order valence-corrected chi connectivity index (χ3v) is 3.99. The number of ether oxygens (including phenoxy) is 4. The Morgan fingerprint density at radius 3 is 2.59 bits per heavy atom. The van der Waals surface area contributed by atoms with Crippen LogP contribution < -0.4 is 20.8 Å². The van der Waals surface area contributed by atoms with E-state index in [0.717, 1.165) is 0 Å². The maximum atomic E-state index is 12.2. The van der Waals surface area contributed by atoms with E-state index in [-0.39, 0.29) is 34.9 Å². The first-order valence-electron chi connectivity index (χ1n) is 8.00. The highest BCUT2D eigenvalue weighted by Crippen LogP contribution is 2.41. The van der Waals surface area contributed by atoms with Crippen molar-refractivity contribution >= 4 is 5.82 Å². The van der Waals surface area contributed by atoms with Crippen LogP contribution in [-0.2, 0) is 9.47 Å². The number of anilines is 1. The van der Waals surface area contributed by atoms with Crippen LogP contribution in [0.15, 0.2) is 23.0 Å². The second-order valence-electron chi connectivity index (χ2n) is 5.54. The van der Waals surface area contributed by atoms with Gasteiger partial charge < -0.3 is 29.7 Å². The quantitative estimate of drug-likeness (QED) is 0.799. The minimum Gasteiger partial charge on any atom is -0.493 e. The Morgan fingerprint density at radius 1 is 1.26 bits per heavy atom. The van der Waals surface area contributed by atoms with Crippen LogP contribution in [0.5, 0.6) is 11.5 Å². The number of methoxy groups -OCH3 is 1. The molecule has 0 saturated carbocycles. The average molecular weight is 368 g/mol. The number of nitrogens with two attached hydrogens (primary N) is 1. The predicted octanol–water partition coefficient (Wildman–Crippen LogP) is 1.13. The van der Waals surface area contributed by atoms with Gasteiger partial charge in [0.25, 0.3) is 5.56 Å².